The van der Waals surface area contributed by atoms with Crippen LogP contribution in [0.4, 0.5) is 5.95 Å². The maximum absolute atomic E-state index is 12.5. The van der Waals surface area contributed by atoms with Gasteiger partial charge in [0, 0.05) is 37.6 Å². The van der Waals surface area contributed by atoms with E-state index in [1.54, 1.807) is 24.7 Å². The number of aromatic nitrogens is 5. The maximum atomic E-state index is 12.5. The third-order valence-corrected chi connectivity index (χ3v) is 4.67. The Morgan fingerprint density at radius 2 is 1.97 bits per heavy atom. The number of nitrogens with one attached hydrogen (secondary N) is 1. The number of nitrogens with zero attached hydrogens (tertiary/aromatic N) is 6. The number of morpholine rings is 1. The molecule has 0 aliphatic carbocycles. The summed E-state index contributed by atoms with van der Waals surface area (Å²) >= 11 is 0. The molecule has 3 aromatic rings. The average molecular weight is 409 g/mol. The Balaban J connectivity index is 1.39. The van der Waals surface area contributed by atoms with Gasteiger partial charge in [0.2, 0.25) is 5.95 Å². The number of carbonyl (C=O) groups is 1. The molecule has 30 heavy (non-hydrogen) atoms. The van der Waals surface area contributed by atoms with Crippen LogP contribution >= 0.6 is 0 Å². The lowest BCUT2D eigenvalue weighted by molar-refractivity contribution is 0.0949. The molecule has 1 aliphatic rings. The molecule has 0 unspecified atom stereocenters. The molecular formula is C20H23N7O3. The second-order valence-corrected chi connectivity index (χ2v) is 6.75. The first kappa shape index (κ1) is 19.8. The molecule has 0 atom stereocenters. The number of anilines is 1. The molecule has 0 saturated carbocycles. The third-order valence-electron chi connectivity index (χ3n) is 4.67. The summed E-state index contributed by atoms with van der Waals surface area (Å²) in [5.41, 5.74) is 1.65. The quantitative estimate of drug-likeness (QED) is 0.613. The first-order valence-corrected chi connectivity index (χ1v) is 9.66. The van der Waals surface area contributed by atoms with E-state index in [-0.39, 0.29) is 18.5 Å². The van der Waals surface area contributed by atoms with Gasteiger partial charge in [-0.2, -0.15) is 15.0 Å². The van der Waals surface area contributed by atoms with E-state index in [1.807, 2.05) is 27.8 Å². The Hall–Kier alpha value is -3.53. The lowest BCUT2D eigenvalue weighted by Gasteiger charge is -2.26. The summed E-state index contributed by atoms with van der Waals surface area (Å²) in [5, 5.41) is 2.86. The summed E-state index contributed by atoms with van der Waals surface area (Å²) in [4.78, 5) is 31.6. The van der Waals surface area contributed by atoms with Crippen molar-refractivity contribution in [2.45, 2.75) is 13.1 Å². The molecule has 10 nitrogen and oxygen atoms in total. The van der Waals surface area contributed by atoms with Crippen molar-refractivity contribution in [3.8, 4) is 6.01 Å². The summed E-state index contributed by atoms with van der Waals surface area (Å²) in [6.45, 7) is 3.52. The molecule has 2 aromatic heterocycles. The second kappa shape index (κ2) is 9.31. The van der Waals surface area contributed by atoms with Gasteiger partial charge in [-0.3, -0.25) is 4.79 Å². The van der Waals surface area contributed by atoms with Gasteiger partial charge in [0.05, 0.1) is 33.2 Å². The predicted octanol–water partition coefficient (Wildman–Crippen LogP) is 0.892. The fourth-order valence-corrected chi connectivity index (χ4v) is 3.08. The summed E-state index contributed by atoms with van der Waals surface area (Å²) in [7, 11) is 1.51. The number of imidazole rings is 1. The van der Waals surface area contributed by atoms with Crippen molar-refractivity contribution in [1.82, 2.24) is 29.8 Å². The van der Waals surface area contributed by atoms with Crippen molar-refractivity contribution in [2.75, 3.05) is 38.3 Å². The van der Waals surface area contributed by atoms with E-state index >= 15 is 0 Å². The molecule has 4 rings (SSSR count). The third kappa shape index (κ3) is 4.90. The topological polar surface area (TPSA) is 107 Å². The predicted molar refractivity (Wildman–Crippen MR) is 108 cm³/mol. The van der Waals surface area contributed by atoms with Crippen LogP contribution < -0.4 is 15.0 Å². The van der Waals surface area contributed by atoms with Gasteiger partial charge < -0.3 is 24.3 Å². The van der Waals surface area contributed by atoms with E-state index < -0.39 is 0 Å². The maximum Gasteiger partial charge on any atom is 0.321 e. The fraction of sp³-hybridized carbons (Fsp3) is 0.350. The Morgan fingerprint density at radius 3 is 2.67 bits per heavy atom. The SMILES string of the molecule is COc1nc(CNC(=O)c2ccc(Cn3ccnc3)cc2)nc(N2CCOCC2)n1. The molecule has 1 aliphatic heterocycles. The van der Waals surface area contributed by atoms with Gasteiger partial charge in [0.25, 0.3) is 5.91 Å². The zero-order valence-corrected chi connectivity index (χ0v) is 16.7. The minimum atomic E-state index is -0.198. The van der Waals surface area contributed by atoms with Gasteiger partial charge >= 0.3 is 6.01 Å². The summed E-state index contributed by atoms with van der Waals surface area (Å²) in [5.74, 6) is 0.767. The van der Waals surface area contributed by atoms with Crippen LogP contribution in [0.5, 0.6) is 6.01 Å². The lowest BCUT2D eigenvalue weighted by atomic mass is 10.1. The van der Waals surface area contributed by atoms with Crippen LogP contribution in [0.2, 0.25) is 0 Å². The summed E-state index contributed by atoms with van der Waals surface area (Å²) < 4.78 is 12.5. The monoisotopic (exact) mass is 409 g/mol. The van der Waals surface area contributed by atoms with Gasteiger partial charge in [-0.05, 0) is 17.7 Å². The van der Waals surface area contributed by atoms with E-state index in [1.165, 1.54) is 7.11 Å². The first-order chi connectivity index (χ1) is 14.7. The Bertz CT molecular complexity index is 971. The number of hydrogen-bond acceptors (Lipinski definition) is 8. The van der Waals surface area contributed by atoms with Gasteiger partial charge in [-0.15, -0.1) is 0 Å². The number of hydrogen-bond donors (Lipinski definition) is 1. The van der Waals surface area contributed by atoms with Crippen molar-refractivity contribution >= 4 is 11.9 Å². The van der Waals surface area contributed by atoms with Crippen LogP contribution in [0.15, 0.2) is 43.0 Å². The molecule has 1 aromatic carbocycles. The number of ether oxygens (including phenoxy) is 2. The van der Waals surface area contributed by atoms with Crippen molar-refractivity contribution in [1.29, 1.82) is 0 Å². The molecule has 10 heteroatoms. The van der Waals surface area contributed by atoms with Gasteiger partial charge in [-0.25, -0.2) is 4.98 Å². The van der Waals surface area contributed by atoms with Crippen LogP contribution in [0.25, 0.3) is 0 Å². The van der Waals surface area contributed by atoms with Crippen LogP contribution in [0.1, 0.15) is 21.7 Å². The molecule has 1 N–H and O–H groups in total. The highest BCUT2D eigenvalue weighted by atomic mass is 16.5. The standard InChI is InChI=1S/C20H23N7O3/c1-29-20-24-17(23-19(25-20)27-8-10-30-11-9-27)12-22-18(28)16-4-2-15(3-5-16)13-26-7-6-21-14-26/h2-7,14H,8-13H2,1H3,(H,22,28). The van der Waals surface area contributed by atoms with Crippen molar-refractivity contribution < 1.29 is 14.3 Å². The average Bonchev–Trinajstić information content (AvgIpc) is 3.31. The Morgan fingerprint density at radius 1 is 1.17 bits per heavy atom. The second-order valence-electron chi connectivity index (χ2n) is 6.75. The smallest absolute Gasteiger partial charge is 0.321 e. The van der Waals surface area contributed by atoms with E-state index in [9.17, 15) is 4.79 Å². The van der Waals surface area contributed by atoms with E-state index in [0.29, 0.717) is 50.2 Å². The van der Waals surface area contributed by atoms with Crippen molar-refractivity contribution in [2.24, 2.45) is 0 Å². The molecule has 156 valence electrons. The number of methoxy groups -OCH3 is 1. The highest BCUT2D eigenvalue weighted by molar-refractivity contribution is 5.94. The van der Waals surface area contributed by atoms with Crippen LogP contribution in [-0.2, 0) is 17.8 Å². The zero-order chi connectivity index (χ0) is 20.8. The largest absolute Gasteiger partial charge is 0.467 e. The highest BCUT2D eigenvalue weighted by Crippen LogP contribution is 2.14. The van der Waals surface area contributed by atoms with Crippen LogP contribution in [-0.4, -0.2) is 63.8 Å². The molecule has 0 bridgehead atoms. The van der Waals surface area contributed by atoms with Crippen LogP contribution in [0.3, 0.4) is 0 Å². The minimum Gasteiger partial charge on any atom is -0.467 e. The zero-order valence-electron chi connectivity index (χ0n) is 16.7. The molecule has 1 fully saturated rings. The minimum absolute atomic E-state index is 0.172. The molecule has 3 heterocycles. The number of amides is 1. The highest BCUT2D eigenvalue weighted by Gasteiger charge is 2.17. The number of carbonyl (C=O) groups excluding carboxylic acids is 1. The lowest BCUT2D eigenvalue weighted by Crippen LogP contribution is -2.37. The van der Waals surface area contributed by atoms with Gasteiger partial charge in [-0.1, -0.05) is 12.1 Å². The van der Waals surface area contributed by atoms with Crippen molar-refractivity contribution in [3.63, 3.8) is 0 Å². The molecule has 0 radical (unpaired) electrons. The molecular weight excluding hydrogens is 386 g/mol. The molecule has 0 spiro atoms. The Labute approximate surface area is 173 Å². The Kier molecular flexibility index (Phi) is 6.14. The van der Waals surface area contributed by atoms with Gasteiger partial charge in [0.1, 0.15) is 0 Å². The van der Waals surface area contributed by atoms with Gasteiger partial charge in [0.15, 0.2) is 5.82 Å². The summed E-state index contributed by atoms with van der Waals surface area (Å²) in [6.07, 6.45) is 5.39. The van der Waals surface area contributed by atoms with Crippen molar-refractivity contribution in [3.05, 3.63) is 59.9 Å². The van der Waals surface area contributed by atoms with E-state index in [0.717, 1.165) is 5.56 Å². The number of benzene rings is 1. The summed E-state index contributed by atoms with van der Waals surface area (Å²) in [6, 6.07) is 7.68. The van der Waals surface area contributed by atoms with E-state index in [4.69, 9.17) is 9.47 Å². The fourth-order valence-electron chi connectivity index (χ4n) is 3.08. The number of rotatable bonds is 7. The van der Waals surface area contributed by atoms with Crippen LogP contribution in [0, 0.1) is 0 Å². The normalized spacial score (nSPS) is 13.8. The van der Waals surface area contributed by atoms with E-state index in [2.05, 4.69) is 25.3 Å². The molecule has 1 saturated heterocycles. The first-order valence-electron chi connectivity index (χ1n) is 9.66. The molecule has 1 amide bonds.